The van der Waals surface area contributed by atoms with Crippen LogP contribution in [0.15, 0.2) is 60.7 Å². The number of benzene rings is 4. The third-order valence-electron chi connectivity index (χ3n) is 10.1. The van der Waals surface area contributed by atoms with E-state index in [9.17, 15) is 5.21 Å². The molecule has 0 saturated heterocycles. The van der Waals surface area contributed by atoms with Crippen LogP contribution in [0, 0.1) is 5.21 Å². The normalized spacial score (nSPS) is 21.8. The summed E-state index contributed by atoms with van der Waals surface area (Å²) in [5, 5.41) is 14.1. The molecule has 8 rings (SSSR count). The summed E-state index contributed by atoms with van der Waals surface area (Å²) in [7, 11) is 10.5. The maximum Gasteiger partial charge on any atom is 0.204 e. The van der Waals surface area contributed by atoms with Crippen molar-refractivity contribution >= 4 is 0 Å². The Kier molecular flexibility index (Phi) is 8.16. The molecule has 1 unspecified atom stereocenters. The lowest BCUT2D eigenvalue weighted by Crippen LogP contribution is -2.47. The zero-order valence-electron chi connectivity index (χ0n) is 27.9. The Morgan fingerprint density at radius 3 is 2.17 bits per heavy atom. The number of quaternary nitrogens is 1. The molecule has 4 aliphatic heterocycles. The summed E-state index contributed by atoms with van der Waals surface area (Å²) in [5.41, 5.74) is 6.37. The smallest absolute Gasteiger partial charge is 0.204 e. The first-order valence-corrected chi connectivity index (χ1v) is 16.1. The quantitative estimate of drug-likeness (QED) is 0.172. The van der Waals surface area contributed by atoms with Gasteiger partial charge in [0.2, 0.25) is 5.75 Å². The molecule has 4 heterocycles. The first-order valence-electron chi connectivity index (χ1n) is 16.1. The zero-order chi connectivity index (χ0) is 32.9. The molecule has 4 aromatic rings. The molecule has 9 heteroatoms. The van der Waals surface area contributed by atoms with Gasteiger partial charge in [0.1, 0.15) is 11.8 Å². The molecule has 0 fully saturated rings. The van der Waals surface area contributed by atoms with Gasteiger partial charge in [-0.15, -0.1) is 0 Å². The summed E-state index contributed by atoms with van der Waals surface area (Å²) < 4.78 is 36.5. The predicted molar refractivity (Wildman–Crippen MR) is 179 cm³/mol. The van der Waals surface area contributed by atoms with E-state index >= 15 is 0 Å². The number of hydrogen-bond acceptors (Lipinski definition) is 8. The maximum absolute atomic E-state index is 14.1. The van der Waals surface area contributed by atoms with Crippen LogP contribution >= 0.6 is 0 Å². The summed E-state index contributed by atoms with van der Waals surface area (Å²) in [6, 6.07) is 19.8. The van der Waals surface area contributed by atoms with E-state index in [2.05, 4.69) is 30.1 Å². The molecular weight excluding hydrogens is 596 g/mol. The first kappa shape index (κ1) is 31.2. The first-order chi connectivity index (χ1) is 22.7. The van der Waals surface area contributed by atoms with Gasteiger partial charge in [-0.3, -0.25) is 4.90 Å². The van der Waals surface area contributed by atoms with Crippen LogP contribution in [0.4, 0.5) is 0 Å². The van der Waals surface area contributed by atoms with Crippen molar-refractivity contribution < 1.29 is 33.1 Å². The standard InChI is InChI=1S/C38H42N2O7/c1-39-15-13-26-21-35(44-5)37(45-6)38-36(26)29(39)17-24-9-12-31(42-3)33(19-24)46-27-10-7-23(8-11-27)18-30-28-22-34(47-38)32(43-4)20-25(28)14-16-40(30,2)41/h7-12,19-22,29-30H,13-18H2,1-6H3/t29-,30+,40?/m1/s1. The molecule has 3 atom stereocenters. The maximum atomic E-state index is 14.1. The summed E-state index contributed by atoms with van der Waals surface area (Å²) in [4.78, 5) is 2.35. The Balaban J connectivity index is 1.48. The Labute approximate surface area is 276 Å². The van der Waals surface area contributed by atoms with E-state index in [1.54, 1.807) is 35.5 Å². The Morgan fingerprint density at radius 1 is 0.745 bits per heavy atom. The van der Waals surface area contributed by atoms with E-state index in [0.29, 0.717) is 71.8 Å². The molecule has 0 amide bonds. The number of likely N-dealkylation sites (N-methyl/N-ethyl adjacent to an activating group) is 2. The molecule has 6 bridgehead atoms. The van der Waals surface area contributed by atoms with Crippen LogP contribution in [-0.2, 0) is 25.7 Å². The summed E-state index contributed by atoms with van der Waals surface area (Å²) in [6.07, 6.45) is 2.72. The van der Waals surface area contributed by atoms with Crippen molar-refractivity contribution in [2.75, 3.05) is 55.6 Å². The SMILES string of the molecule is COc1ccc2cc1Oc1ccc(cc1)C[C@H]1c3cc(c(OC)cc3CC[N+]1(C)[O-])Oc1c(OC)c(OC)cc3c1[C@@H](C2)N(C)CC3. The molecule has 246 valence electrons. The summed E-state index contributed by atoms with van der Waals surface area (Å²) in [5.74, 6) is 4.85. The highest BCUT2D eigenvalue weighted by molar-refractivity contribution is 5.63. The molecule has 4 aliphatic rings. The van der Waals surface area contributed by atoms with Gasteiger partial charge in [-0.25, -0.2) is 0 Å². The van der Waals surface area contributed by atoms with Crippen LogP contribution in [0.5, 0.6) is 46.0 Å². The fourth-order valence-corrected chi connectivity index (χ4v) is 7.42. The van der Waals surface area contributed by atoms with Crippen molar-refractivity contribution in [3.05, 3.63) is 99.3 Å². The molecule has 0 aromatic heterocycles. The molecule has 0 spiro atoms. The Hall–Kier alpha value is -4.44. The Bertz CT molecular complexity index is 1800. The molecular formula is C38H42N2O7. The number of methoxy groups -OCH3 is 4. The summed E-state index contributed by atoms with van der Waals surface area (Å²) in [6.45, 7) is 1.34. The van der Waals surface area contributed by atoms with Crippen LogP contribution in [0.1, 0.15) is 45.5 Å². The van der Waals surface area contributed by atoms with E-state index in [1.807, 2.05) is 42.5 Å². The Morgan fingerprint density at radius 2 is 1.45 bits per heavy atom. The van der Waals surface area contributed by atoms with Crippen LogP contribution in [0.2, 0.25) is 0 Å². The highest BCUT2D eigenvalue weighted by Crippen LogP contribution is 2.52. The second-order valence-electron chi connectivity index (χ2n) is 12.9. The number of hydrogen-bond donors (Lipinski definition) is 0. The molecule has 47 heavy (non-hydrogen) atoms. The van der Waals surface area contributed by atoms with Crippen molar-refractivity contribution in [3.8, 4) is 46.0 Å². The van der Waals surface area contributed by atoms with E-state index < -0.39 is 0 Å². The largest absolute Gasteiger partial charge is 0.633 e. The minimum absolute atomic E-state index is 0.0501. The molecule has 0 radical (unpaired) electrons. The predicted octanol–water partition coefficient (Wildman–Crippen LogP) is 7.18. The zero-order valence-corrected chi connectivity index (χ0v) is 27.9. The van der Waals surface area contributed by atoms with Gasteiger partial charge in [0.15, 0.2) is 34.5 Å². The fraction of sp³-hybridized carbons (Fsp3) is 0.368. The average Bonchev–Trinajstić information content (AvgIpc) is 3.07. The molecule has 0 saturated carbocycles. The van der Waals surface area contributed by atoms with Gasteiger partial charge in [-0.2, -0.15) is 0 Å². The van der Waals surface area contributed by atoms with Crippen molar-refractivity contribution in [3.63, 3.8) is 0 Å². The van der Waals surface area contributed by atoms with Gasteiger partial charge in [-0.1, -0.05) is 18.2 Å². The number of ether oxygens (including phenoxy) is 6. The number of fused-ring (bicyclic) bond motifs is 2. The van der Waals surface area contributed by atoms with Crippen LogP contribution in [-0.4, -0.2) is 65.2 Å². The van der Waals surface area contributed by atoms with Gasteiger partial charge in [-0.05, 0) is 84.6 Å². The van der Waals surface area contributed by atoms with Gasteiger partial charge in [0.25, 0.3) is 0 Å². The monoisotopic (exact) mass is 638 g/mol. The lowest BCUT2D eigenvalue weighted by Gasteiger charge is -2.49. The van der Waals surface area contributed by atoms with Crippen molar-refractivity contribution in [2.24, 2.45) is 0 Å². The van der Waals surface area contributed by atoms with E-state index in [1.165, 1.54) is 0 Å². The van der Waals surface area contributed by atoms with E-state index in [0.717, 1.165) is 46.3 Å². The minimum Gasteiger partial charge on any atom is -0.633 e. The minimum atomic E-state index is -0.383. The van der Waals surface area contributed by atoms with Crippen molar-refractivity contribution in [1.82, 2.24) is 4.90 Å². The number of hydroxylamine groups is 3. The fourth-order valence-electron chi connectivity index (χ4n) is 7.42. The van der Waals surface area contributed by atoms with Gasteiger partial charge in [0, 0.05) is 36.6 Å². The number of nitrogens with zero attached hydrogens (tertiary/aromatic N) is 2. The lowest BCUT2D eigenvalue weighted by molar-refractivity contribution is -0.894. The second-order valence-corrected chi connectivity index (χ2v) is 12.9. The second kappa shape index (κ2) is 12.3. The van der Waals surface area contributed by atoms with Crippen LogP contribution < -0.4 is 28.4 Å². The highest BCUT2D eigenvalue weighted by Gasteiger charge is 2.37. The van der Waals surface area contributed by atoms with Gasteiger partial charge >= 0.3 is 0 Å². The van der Waals surface area contributed by atoms with Crippen molar-refractivity contribution in [2.45, 2.75) is 37.8 Å². The van der Waals surface area contributed by atoms with Crippen molar-refractivity contribution in [1.29, 1.82) is 0 Å². The molecule has 0 aliphatic carbocycles. The third kappa shape index (κ3) is 5.62. The van der Waals surface area contributed by atoms with Gasteiger partial charge in [0.05, 0.1) is 42.0 Å². The molecule has 9 nitrogen and oxygen atoms in total. The van der Waals surface area contributed by atoms with Crippen LogP contribution in [0.3, 0.4) is 0 Å². The van der Waals surface area contributed by atoms with Crippen LogP contribution in [0.25, 0.3) is 0 Å². The number of rotatable bonds is 4. The van der Waals surface area contributed by atoms with E-state index in [4.69, 9.17) is 28.4 Å². The topological polar surface area (TPSA) is 81.7 Å². The average molecular weight is 639 g/mol. The molecule has 0 N–H and O–H groups in total. The van der Waals surface area contributed by atoms with E-state index in [-0.39, 0.29) is 16.7 Å². The summed E-state index contributed by atoms with van der Waals surface area (Å²) >= 11 is 0. The highest BCUT2D eigenvalue weighted by atomic mass is 16.6. The third-order valence-corrected chi connectivity index (χ3v) is 10.1. The molecule has 4 aromatic carbocycles. The lowest BCUT2D eigenvalue weighted by atomic mass is 9.87. The van der Waals surface area contributed by atoms with Gasteiger partial charge < -0.3 is 38.3 Å².